The molecule has 0 radical (unpaired) electrons. The second-order valence-corrected chi connectivity index (χ2v) is 12.9. The van der Waals surface area contributed by atoms with Crippen molar-refractivity contribution in [3.8, 4) is 5.75 Å². The van der Waals surface area contributed by atoms with E-state index in [0.717, 1.165) is 0 Å². The Hall–Kier alpha value is -4.53. The minimum Gasteiger partial charge on any atom is -0.404 e. The van der Waals surface area contributed by atoms with E-state index in [1.54, 1.807) is 6.08 Å². The molecule has 0 unspecified atom stereocenters. The molecule has 1 rings (SSSR count). The van der Waals surface area contributed by atoms with Crippen LogP contribution in [0.15, 0.2) is 49.6 Å². The summed E-state index contributed by atoms with van der Waals surface area (Å²) in [4.78, 5) is 96.2. The van der Waals surface area contributed by atoms with Gasteiger partial charge in [-0.25, -0.2) is 4.57 Å². The molecular weight excluding hydrogens is 659 g/mol. The molecule has 1 aromatic rings. The predicted molar refractivity (Wildman–Crippen MR) is 181 cm³/mol. The average Bonchev–Trinajstić information content (AvgIpc) is 2.99. The zero-order valence-corrected chi connectivity index (χ0v) is 29.1. The average molecular weight is 709 g/mol. The van der Waals surface area contributed by atoms with Crippen molar-refractivity contribution in [1.29, 1.82) is 0 Å². The normalized spacial score (nSPS) is 12.9. The molecule has 17 heteroatoms. The number of phosphoric acid groups is 1. The number of amides is 6. The lowest BCUT2D eigenvalue weighted by atomic mass is 10.0. The lowest BCUT2D eigenvalue weighted by Crippen LogP contribution is -2.56. The van der Waals surface area contributed by atoms with Gasteiger partial charge in [0.05, 0.1) is 6.54 Å². The van der Waals surface area contributed by atoms with Crippen LogP contribution in [0.4, 0.5) is 0 Å². The molecule has 49 heavy (non-hydrogen) atoms. The molecule has 0 aromatic heterocycles. The summed E-state index contributed by atoms with van der Waals surface area (Å²) < 4.78 is 15.6. The topological polar surface area (TPSA) is 247 Å². The summed E-state index contributed by atoms with van der Waals surface area (Å²) in [5, 5.41) is 10.5. The Labute approximate surface area is 286 Å². The van der Waals surface area contributed by atoms with E-state index in [4.69, 9.17) is 15.5 Å². The van der Waals surface area contributed by atoms with Gasteiger partial charge in [-0.1, -0.05) is 38.1 Å². The van der Waals surface area contributed by atoms with Crippen LogP contribution in [-0.2, 0) is 39.8 Å². The van der Waals surface area contributed by atoms with Crippen LogP contribution in [-0.4, -0.2) is 87.9 Å². The highest BCUT2D eigenvalue weighted by atomic mass is 31.2. The number of nitrogens with two attached hydrogens (primary N) is 1. The van der Waals surface area contributed by atoms with Gasteiger partial charge in [0, 0.05) is 32.9 Å². The van der Waals surface area contributed by atoms with Gasteiger partial charge in [-0.15, -0.1) is 13.2 Å². The number of hydrogen-bond acceptors (Lipinski definition) is 8. The maximum atomic E-state index is 13.9. The fourth-order valence-corrected chi connectivity index (χ4v) is 5.00. The van der Waals surface area contributed by atoms with Crippen LogP contribution in [0.3, 0.4) is 0 Å². The van der Waals surface area contributed by atoms with Crippen molar-refractivity contribution in [2.45, 2.75) is 77.4 Å². The number of rotatable bonds is 23. The van der Waals surface area contributed by atoms with Crippen LogP contribution in [0.2, 0.25) is 0 Å². The molecule has 1 aromatic carbocycles. The number of primary amides is 1. The summed E-state index contributed by atoms with van der Waals surface area (Å²) in [5.74, 6) is -3.85. The first-order valence-electron chi connectivity index (χ1n) is 15.7. The lowest BCUT2D eigenvalue weighted by molar-refractivity contribution is -0.140. The summed E-state index contributed by atoms with van der Waals surface area (Å²) in [6.07, 6.45) is 3.76. The number of carbonyl (C=O) groups is 6. The van der Waals surface area contributed by atoms with Crippen LogP contribution in [0.5, 0.6) is 5.75 Å². The van der Waals surface area contributed by atoms with E-state index in [1.165, 1.54) is 42.2 Å². The molecule has 0 fully saturated rings. The molecule has 8 N–H and O–H groups in total. The molecule has 6 amide bonds. The van der Waals surface area contributed by atoms with Gasteiger partial charge in [0.1, 0.15) is 23.9 Å². The Morgan fingerprint density at radius 3 is 2.10 bits per heavy atom. The maximum absolute atomic E-state index is 13.9. The van der Waals surface area contributed by atoms with Crippen molar-refractivity contribution in [3.63, 3.8) is 0 Å². The fraction of sp³-hybridized carbons (Fsp3) is 0.500. The molecule has 16 nitrogen and oxygen atoms in total. The number of phosphoric ester groups is 1. The third kappa shape index (κ3) is 18.0. The van der Waals surface area contributed by atoms with E-state index in [2.05, 4.69) is 38.9 Å². The highest BCUT2D eigenvalue weighted by molar-refractivity contribution is 7.46. The van der Waals surface area contributed by atoms with Crippen molar-refractivity contribution in [1.82, 2.24) is 26.2 Å². The first kappa shape index (κ1) is 42.5. The van der Waals surface area contributed by atoms with Gasteiger partial charge < -0.3 is 36.4 Å². The summed E-state index contributed by atoms with van der Waals surface area (Å²) in [6, 6.07) is 2.01. The molecule has 0 bridgehead atoms. The lowest BCUT2D eigenvalue weighted by Gasteiger charge is -2.29. The van der Waals surface area contributed by atoms with Crippen LogP contribution >= 0.6 is 7.82 Å². The van der Waals surface area contributed by atoms with E-state index >= 15 is 0 Å². The Kier molecular flexibility index (Phi) is 18.6. The first-order valence-corrected chi connectivity index (χ1v) is 17.3. The van der Waals surface area contributed by atoms with Crippen LogP contribution < -0.4 is 31.5 Å². The summed E-state index contributed by atoms with van der Waals surface area (Å²) in [6.45, 7) is 12.2. The number of carbonyl (C=O) groups excluding carboxylic acids is 6. The highest BCUT2D eigenvalue weighted by Crippen LogP contribution is 2.37. The third-order valence-corrected chi connectivity index (χ3v) is 7.28. The SMILES string of the molecule is C=CCCNC(=O)[C@H](CC(C)C)NC(=O)CN(CCC=C)C(=O)[C@H](CCC(N)=O)NC(=O)[C@H](Cc1ccc(OP(=O)(O)O)cc1)NC(C)=O. The van der Waals surface area contributed by atoms with Gasteiger partial charge in [-0.2, -0.15) is 0 Å². The zero-order valence-electron chi connectivity index (χ0n) is 28.2. The smallest absolute Gasteiger partial charge is 0.404 e. The highest BCUT2D eigenvalue weighted by Gasteiger charge is 2.31. The predicted octanol–water partition coefficient (Wildman–Crippen LogP) is 0.584. The van der Waals surface area contributed by atoms with Gasteiger partial charge in [0.25, 0.3) is 0 Å². The minimum atomic E-state index is -4.79. The number of benzene rings is 1. The molecule has 0 aliphatic carbocycles. The van der Waals surface area contributed by atoms with Gasteiger partial charge in [0.15, 0.2) is 0 Å². The molecule has 0 saturated carbocycles. The number of nitrogens with zero attached hydrogens (tertiary/aromatic N) is 1. The molecular formula is C32H49N6O10P. The van der Waals surface area contributed by atoms with Crippen molar-refractivity contribution in [3.05, 3.63) is 55.1 Å². The van der Waals surface area contributed by atoms with Crippen LogP contribution in [0.25, 0.3) is 0 Å². The molecule has 0 aliphatic heterocycles. The number of hydrogen-bond donors (Lipinski definition) is 7. The molecule has 272 valence electrons. The standard InChI is InChI=1S/C32H49N6O10P/c1-6-8-16-34-30(42)26(18-21(3)4)36-29(41)20-38(17-9-7-2)32(44)25(14-15-28(33)40)37-31(43)27(35-22(5)39)19-23-10-12-24(13-11-23)48-49(45,46)47/h6-7,10-13,21,25-27H,1-2,8-9,14-20H2,3-5H3,(H2,33,40)(H,34,42)(H,35,39)(H,36,41)(H,37,43)(H2,45,46,47)/t25-,26-,27-/m0/s1. The van der Waals surface area contributed by atoms with Gasteiger partial charge in [-0.3, -0.25) is 38.6 Å². The molecule has 3 atom stereocenters. The van der Waals surface area contributed by atoms with Crippen molar-refractivity contribution in [2.75, 3.05) is 19.6 Å². The van der Waals surface area contributed by atoms with Crippen molar-refractivity contribution in [2.24, 2.45) is 11.7 Å². The van der Waals surface area contributed by atoms with E-state index in [1.807, 2.05) is 13.8 Å². The Morgan fingerprint density at radius 2 is 1.57 bits per heavy atom. The second kappa shape index (κ2) is 21.4. The molecule has 0 heterocycles. The summed E-state index contributed by atoms with van der Waals surface area (Å²) >= 11 is 0. The van der Waals surface area contributed by atoms with Crippen LogP contribution in [0.1, 0.15) is 58.4 Å². The van der Waals surface area contributed by atoms with E-state index in [0.29, 0.717) is 24.9 Å². The Bertz CT molecular complexity index is 1360. The summed E-state index contributed by atoms with van der Waals surface area (Å²) in [5.41, 5.74) is 5.81. The third-order valence-electron chi connectivity index (χ3n) is 6.83. The Morgan fingerprint density at radius 1 is 0.939 bits per heavy atom. The monoisotopic (exact) mass is 708 g/mol. The molecule has 0 aliphatic rings. The van der Waals surface area contributed by atoms with Gasteiger partial charge in [-0.05, 0) is 49.3 Å². The maximum Gasteiger partial charge on any atom is 0.524 e. The second-order valence-electron chi connectivity index (χ2n) is 11.7. The molecule has 0 spiro atoms. The van der Waals surface area contributed by atoms with Gasteiger partial charge in [0.2, 0.25) is 35.4 Å². The zero-order chi connectivity index (χ0) is 37.1. The largest absolute Gasteiger partial charge is 0.524 e. The van der Waals surface area contributed by atoms with Crippen LogP contribution in [0, 0.1) is 5.92 Å². The molecule has 0 saturated heterocycles. The van der Waals surface area contributed by atoms with E-state index in [-0.39, 0.29) is 49.8 Å². The Balaban J connectivity index is 3.24. The summed E-state index contributed by atoms with van der Waals surface area (Å²) in [7, 11) is -4.79. The fourth-order valence-electron chi connectivity index (χ4n) is 4.60. The van der Waals surface area contributed by atoms with Gasteiger partial charge >= 0.3 is 7.82 Å². The van der Waals surface area contributed by atoms with E-state index in [9.17, 15) is 33.3 Å². The van der Waals surface area contributed by atoms with Crippen molar-refractivity contribution >= 4 is 43.3 Å². The minimum absolute atomic E-state index is 0.0250. The van der Waals surface area contributed by atoms with E-state index < -0.39 is 62.0 Å². The first-order chi connectivity index (χ1) is 22.9. The van der Waals surface area contributed by atoms with Crippen molar-refractivity contribution < 1.29 is 47.6 Å². The number of nitrogens with one attached hydrogen (secondary N) is 4. The quantitative estimate of drug-likeness (QED) is 0.0474.